The lowest BCUT2D eigenvalue weighted by atomic mass is 9.98. The third-order valence-corrected chi connectivity index (χ3v) is 3.52. The summed E-state index contributed by atoms with van der Waals surface area (Å²) in [5.74, 6) is -0.00162. The van der Waals surface area contributed by atoms with Crippen molar-refractivity contribution in [3.8, 4) is 5.75 Å². The summed E-state index contributed by atoms with van der Waals surface area (Å²) in [7, 11) is 0. The number of aliphatic carboxylic acids is 1. The molecule has 1 aromatic rings. The number of hydrogen-bond acceptors (Lipinski definition) is 3. The molecule has 2 rings (SSSR count). The first-order chi connectivity index (χ1) is 9.20. The van der Waals surface area contributed by atoms with Gasteiger partial charge >= 0.3 is 5.97 Å². The lowest BCUT2D eigenvalue weighted by molar-refractivity contribution is -0.143. The number of benzene rings is 1. The average Bonchev–Trinajstić information content (AvgIpc) is 2.41. The smallest absolute Gasteiger partial charge is 0.307 e. The van der Waals surface area contributed by atoms with Crippen LogP contribution in [0.5, 0.6) is 5.75 Å². The van der Waals surface area contributed by atoms with Gasteiger partial charge in [0.2, 0.25) is 0 Å². The SMILES string of the molecule is CCOc1ccccc1CN1CCCC(C(=O)O)C1. The van der Waals surface area contributed by atoms with Gasteiger partial charge in [0.05, 0.1) is 12.5 Å². The second-order valence-corrected chi connectivity index (χ2v) is 4.95. The summed E-state index contributed by atoms with van der Waals surface area (Å²) in [6, 6.07) is 7.98. The summed E-state index contributed by atoms with van der Waals surface area (Å²) in [5, 5.41) is 9.11. The Morgan fingerprint density at radius 2 is 2.26 bits per heavy atom. The van der Waals surface area contributed by atoms with E-state index in [0.29, 0.717) is 13.2 Å². The second kappa shape index (κ2) is 6.57. The highest BCUT2D eigenvalue weighted by Gasteiger charge is 2.25. The van der Waals surface area contributed by atoms with Crippen LogP contribution in [-0.4, -0.2) is 35.7 Å². The topological polar surface area (TPSA) is 49.8 Å². The van der Waals surface area contributed by atoms with Crippen LogP contribution in [0.15, 0.2) is 24.3 Å². The molecule has 1 aliphatic rings. The highest BCUT2D eigenvalue weighted by Crippen LogP contribution is 2.23. The maximum atomic E-state index is 11.1. The molecular weight excluding hydrogens is 242 g/mol. The Hall–Kier alpha value is -1.55. The van der Waals surface area contributed by atoms with Crippen LogP contribution < -0.4 is 4.74 Å². The normalized spacial score (nSPS) is 20.2. The quantitative estimate of drug-likeness (QED) is 0.886. The number of carbonyl (C=O) groups is 1. The fourth-order valence-electron chi connectivity index (χ4n) is 2.57. The average molecular weight is 263 g/mol. The molecule has 1 atom stereocenters. The third-order valence-electron chi connectivity index (χ3n) is 3.52. The lowest BCUT2D eigenvalue weighted by Gasteiger charge is -2.31. The van der Waals surface area contributed by atoms with Gasteiger partial charge in [-0.2, -0.15) is 0 Å². The molecule has 0 radical (unpaired) electrons. The number of rotatable bonds is 5. The summed E-state index contributed by atoms with van der Waals surface area (Å²) in [6.07, 6.45) is 1.74. The van der Waals surface area contributed by atoms with Crippen LogP contribution in [0, 0.1) is 5.92 Å². The van der Waals surface area contributed by atoms with E-state index in [1.54, 1.807) is 0 Å². The van der Waals surface area contributed by atoms with Crippen LogP contribution in [0.25, 0.3) is 0 Å². The Kier molecular flexibility index (Phi) is 4.80. The van der Waals surface area contributed by atoms with Crippen molar-refractivity contribution in [3.05, 3.63) is 29.8 Å². The second-order valence-electron chi connectivity index (χ2n) is 4.95. The number of ether oxygens (including phenoxy) is 1. The van der Waals surface area contributed by atoms with E-state index >= 15 is 0 Å². The van der Waals surface area contributed by atoms with Crippen LogP contribution in [0.3, 0.4) is 0 Å². The molecular formula is C15H21NO3. The molecule has 0 spiro atoms. The van der Waals surface area contributed by atoms with Gasteiger partial charge in [-0.1, -0.05) is 18.2 Å². The van der Waals surface area contributed by atoms with E-state index < -0.39 is 5.97 Å². The number of likely N-dealkylation sites (tertiary alicyclic amines) is 1. The molecule has 0 amide bonds. The summed E-state index contributed by atoms with van der Waals surface area (Å²) in [6.45, 7) is 4.98. The van der Waals surface area contributed by atoms with E-state index in [4.69, 9.17) is 9.84 Å². The molecule has 0 aliphatic carbocycles. The van der Waals surface area contributed by atoms with E-state index in [9.17, 15) is 4.79 Å². The minimum atomic E-state index is -0.678. The number of para-hydroxylation sites is 1. The Morgan fingerprint density at radius 1 is 1.47 bits per heavy atom. The molecule has 1 aromatic carbocycles. The monoisotopic (exact) mass is 263 g/mol. The van der Waals surface area contributed by atoms with Gasteiger partial charge in [0.1, 0.15) is 5.75 Å². The van der Waals surface area contributed by atoms with Gasteiger partial charge < -0.3 is 9.84 Å². The molecule has 0 aromatic heterocycles. The van der Waals surface area contributed by atoms with Crippen molar-refractivity contribution in [1.29, 1.82) is 0 Å². The highest BCUT2D eigenvalue weighted by atomic mass is 16.5. The molecule has 0 bridgehead atoms. The largest absolute Gasteiger partial charge is 0.494 e. The lowest BCUT2D eigenvalue weighted by Crippen LogP contribution is -2.38. The van der Waals surface area contributed by atoms with Gasteiger partial charge in [-0.05, 0) is 32.4 Å². The molecule has 19 heavy (non-hydrogen) atoms. The number of hydrogen-bond donors (Lipinski definition) is 1. The molecule has 1 unspecified atom stereocenters. The highest BCUT2D eigenvalue weighted by molar-refractivity contribution is 5.70. The maximum absolute atomic E-state index is 11.1. The van der Waals surface area contributed by atoms with E-state index in [-0.39, 0.29) is 5.92 Å². The number of carboxylic acid groups (broad SMARTS) is 1. The maximum Gasteiger partial charge on any atom is 0.307 e. The van der Waals surface area contributed by atoms with E-state index in [0.717, 1.165) is 37.2 Å². The molecule has 0 saturated carbocycles. The van der Waals surface area contributed by atoms with Crippen LogP contribution in [0.2, 0.25) is 0 Å². The molecule has 4 nitrogen and oxygen atoms in total. The van der Waals surface area contributed by atoms with E-state index in [1.165, 1.54) is 0 Å². The van der Waals surface area contributed by atoms with Crippen molar-refractivity contribution in [1.82, 2.24) is 4.90 Å². The summed E-state index contributed by atoms with van der Waals surface area (Å²) in [4.78, 5) is 13.3. The minimum Gasteiger partial charge on any atom is -0.494 e. The first-order valence-electron chi connectivity index (χ1n) is 6.86. The summed E-state index contributed by atoms with van der Waals surface area (Å²) in [5.41, 5.74) is 1.13. The zero-order chi connectivity index (χ0) is 13.7. The zero-order valence-electron chi connectivity index (χ0n) is 11.3. The number of piperidine rings is 1. The molecule has 1 heterocycles. The van der Waals surface area contributed by atoms with Gasteiger partial charge in [-0.25, -0.2) is 0 Å². The van der Waals surface area contributed by atoms with Crippen LogP contribution in [0.4, 0.5) is 0 Å². The van der Waals surface area contributed by atoms with Gasteiger partial charge in [0.25, 0.3) is 0 Å². The van der Waals surface area contributed by atoms with E-state index in [1.807, 2.05) is 25.1 Å². The van der Waals surface area contributed by atoms with Crippen molar-refractivity contribution in [2.45, 2.75) is 26.3 Å². The van der Waals surface area contributed by atoms with E-state index in [2.05, 4.69) is 11.0 Å². The molecule has 1 aliphatic heterocycles. The number of nitrogens with zero attached hydrogens (tertiary/aromatic N) is 1. The molecule has 1 saturated heterocycles. The van der Waals surface area contributed by atoms with Gasteiger partial charge in [0.15, 0.2) is 0 Å². The van der Waals surface area contributed by atoms with Crippen molar-refractivity contribution < 1.29 is 14.6 Å². The molecule has 4 heteroatoms. The Labute approximate surface area is 114 Å². The first-order valence-corrected chi connectivity index (χ1v) is 6.86. The van der Waals surface area contributed by atoms with Crippen LogP contribution >= 0.6 is 0 Å². The summed E-state index contributed by atoms with van der Waals surface area (Å²) < 4.78 is 5.61. The molecule has 1 N–H and O–H groups in total. The predicted molar refractivity (Wildman–Crippen MR) is 73.2 cm³/mol. The van der Waals surface area contributed by atoms with Gasteiger partial charge in [-0.3, -0.25) is 9.69 Å². The predicted octanol–water partition coefficient (Wildman–Crippen LogP) is 2.38. The van der Waals surface area contributed by atoms with Crippen LogP contribution in [-0.2, 0) is 11.3 Å². The zero-order valence-corrected chi connectivity index (χ0v) is 11.3. The Balaban J connectivity index is 2.02. The Bertz CT molecular complexity index is 433. The van der Waals surface area contributed by atoms with Crippen molar-refractivity contribution in [2.75, 3.05) is 19.7 Å². The van der Waals surface area contributed by atoms with Crippen molar-refractivity contribution in [3.63, 3.8) is 0 Å². The van der Waals surface area contributed by atoms with Gasteiger partial charge in [0, 0.05) is 18.7 Å². The molecule has 104 valence electrons. The van der Waals surface area contributed by atoms with Crippen LogP contribution in [0.1, 0.15) is 25.3 Å². The fraction of sp³-hybridized carbons (Fsp3) is 0.533. The Morgan fingerprint density at radius 3 is 3.00 bits per heavy atom. The number of carboxylic acids is 1. The first kappa shape index (κ1) is 13.9. The minimum absolute atomic E-state index is 0.229. The van der Waals surface area contributed by atoms with Crippen molar-refractivity contribution >= 4 is 5.97 Å². The van der Waals surface area contributed by atoms with Crippen molar-refractivity contribution in [2.24, 2.45) is 5.92 Å². The van der Waals surface area contributed by atoms with Gasteiger partial charge in [-0.15, -0.1) is 0 Å². The standard InChI is InChI=1S/C15H21NO3/c1-2-19-14-8-4-3-6-12(14)10-16-9-5-7-13(11-16)15(17)18/h3-4,6,8,13H,2,5,7,9-11H2,1H3,(H,17,18). The summed E-state index contributed by atoms with van der Waals surface area (Å²) >= 11 is 0. The molecule has 1 fully saturated rings. The third kappa shape index (κ3) is 3.70. The fourth-order valence-corrected chi connectivity index (χ4v) is 2.57.